The Bertz CT molecular complexity index is 649. The van der Waals surface area contributed by atoms with Crippen molar-refractivity contribution in [3.05, 3.63) is 57.4 Å². The standard InChI is InChI=1S/C15H14FIN2O2/c16-10-4-5-13(14(17)8-10)15(20)19-6-7-21-12-3-1-2-11(18)9-12/h1-5,8-9H,6-7,18H2,(H,19,20). The minimum atomic E-state index is -0.360. The lowest BCUT2D eigenvalue weighted by molar-refractivity contribution is 0.0946. The van der Waals surface area contributed by atoms with E-state index in [0.717, 1.165) is 0 Å². The summed E-state index contributed by atoms with van der Waals surface area (Å²) < 4.78 is 19.0. The number of nitrogens with two attached hydrogens (primary N) is 1. The Labute approximate surface area is 135 Å². The lowest BCUT2D eigenvalue weighted by atomic mass is 10.2. The number of carbonyl (C=O) groups excluding carboxylic acids is 1. The predicted molar refractivity (Wildman–Crippen MR) is 87.8 cm³/mol. The van der Waals surface area contributed by atoms with Crippen LogP contribution in [-0.4, -0.2) is 19.1 Å². The first kappa shape index (κ1) is 15.6. The summed E-state index contributed by atoms with van der Waals surface area (Å²) in [6.45, 7) is 0.675. The third kappa shape index (κ3) is 4.59. The molecule has 2 aromatic rings. The Morgan fingerprint density at radius 3 is 2.81 bits per heavy atom. The Morgan fingerprint density at radius 1 is 1.29 bits per heavy atom. The fourth-order valence-corrected chi connectivity index (χ4v) is 2.43. The number of hydrogen-bond acceptors (Lipinski definition) is 3. The number of nitrogen functional groups attached to an aromatic ring is 1. The Hall–Kier alpha value is -1.83. The molecule has 0 aromatic heterocycles. The average Bonchev–Trinajstić information content (AvgIpc) is 2.43. The maximum absolute atomic E-state index is 13.0. The number of rotatable bonds is 5. The van der Waals surface area contributed by atoms with Gasteiger partial charge in [0.2, 0.25) is 0 Å². The number of carbonyl (C=O) groups is 1. The van der Waals surface area contributed by atoms with Gasteiger partial charge in [0.15, 0.2) is 0 Å². The molecular weight excluding hydrogens is 386 g/mol. The van der Waals surface area contributed by atoms with Gasteiger partial charge in [-0.25, -0.2) is 4.39 Å². The van der Waals surface area contributed by atoms with Crippen LogP contribution in [0.5, 0.6) is 5.75 Å². The fraction of sp³-hybridized carbons (Fsp3) is 0.133. The summed E-state index contributed by atoms with van der Waals surface area (Å²) in [5.41, 5.74) is 6.70. The lowest BCUT2D eigenvalue weighted by Crippen LogP contribution is -2.28. The Balaban J connectivity index is 1.82. The zero-order chi connectivity index (χ0) is 15.2. The molecule has 6 heteroatoms. The van der Waals surface area contributed by atoms with E-state index >= 15 is 0 Å². The zero-order valence-corrected chi connectivity index (χ0v) is 13.3. The van der Waals surface area contributed by atoms with Crippen molar-refractivity contribution in [3.8, 4) is 5.75 Å². The van der Waals surface area contributed by atoms with E-state index in [9.17, 15) is 9.18 Å². The zero-order valence-electron chi connectivity index (χ0n) is 11.1. The van der Waals surface area contributed by atoms with Crippen LogP contribution in [0, 0.1) is 9.39 Å². The van der Waals surface area contributed by atoms with Crippen LogP contribution < -0.4 is 15.8 Å². The molecule has 0 atom stereocenters. The summed E-state index contributed by atoms with van der Waals surface area (Å²) in [4.78, 5) is 11.9. The summed E-state index contributed by atoms with van der Waals surface area (Å²) in [5.74, 6) is 0.0390. The fourth-order valence-electron chi connectivity index (χ4n) is 1.71. The highest BCUT2D eigenvalue weighted by Crippen LogP contribution is 2.15. The van der Waals surface area contributed by atoms with Crippen molar-refractivity contribution >= 4 is 34.2 Å². The van der Waals surface area contributed by atoms with E-state index in [1.54, 1.807) is 24.3 Å². The van der Waals surface area contributed by atoms with Crippen LogP contribution in [-0.2, 0) is 0 Å². The maximum atomic E-state index is 13.0. The van der Waals surface area contributed by atoms with Crippen LogP contribution in [0.1, 0.15) is 10.4 Å². The number of hydrogen-bond donors (Lipinski definition) is 2. The number of halogens is 2. The molecule has 0 bridgehead atoms. The third-order valence-electron chi connectivity index (χ3n) is 2.69. The average molecular weight is 400 g/mol. The van der Waals surface area contributed by atoms with Gasteiger partial charge in [0.05, 0.1) is 12.1 Å². The van der Waals surface area contributed by atoms with Crippen LogP contribution in [0.2, 0.25) is 0 Å². The van der Waals surface area contributed by atoms with E-state index < -0.39 is 0 Å². The molecule has 0 saturated heterocycles. The van der Waals surface area contributed by atoms with E-state index in [4.69, 9.17) is 10.5 Å². The minimum Gasteiger partial charge on any atom is -0.492 e. The summed E-state index contributed by atoms with van der Waals surface area (Å²) in [7, 11) is 0. The molecule has 0 saturated carbocycles. The van der Waals surface area contributed by atoms with Crippen molar-refractivity contribution in [2.75, 3.05) is 18.9 Å². The van der Waals surface area contributed by atoms with Crippen LogP contribution >= 0.6 is 22.6 Å². The third-order valence-corrected chi connectivity index (χ3v) is 3.58. The highest BCUT2D eigenvalue weighted by atomic mass is 127. The van der Waals surface area contributed by atoms with Crippen molar-refractivity contribution < 1.29 is 13.9 Å². The highest BCUT2D eigenvalue weighted by molar-refractivity contribution is 14.1. The van der Waals surface area contributed by atoms with Crippen LogP contribution in [0.15, 0.2) is 42.5 Å². The van der Waals surface area contributed by atoms with Gasteiger partial charge >= 0.3 is 0 Å². The molecule has 0 aliphatic rings. The first-order valence-electron chi connectivity index (χ1n) is 6.28. The summed E-state index contributed by atoms with van der Waals surface area (Å²) in [5, 5.41) is 2.72. The number of amides is 1. The minimum absolute atomic E-state index is 0.254. The lowest BCUT2D eigenvalue weighted by Gasteiger charge is -2.09. The van der Waals surface area contributed by atoms with Crippen molar-refractivity contribution in [1.82, 2.24) is 5.32 Å². The molecule has 4 nitrogen and oxygen atoms in total. The van der Waals surface area contributed by atoms with Gasteiger partial charge in [0.25, 0.3) is 5.91 Å². The molecule has 21 heavy (non-hydrogen) atoms. The van der Waals surface area contributed by atoms with Gasteiger partial charge in [-0.05, 0) is 52.9 Å². The molecule has 0 aliphatic heterocycles. The quantitative estimate of drug-likeness (QED) is 0.461. The van der Waals surface area contributed by atoms with E-state index in [1.165, 1.54) is 18.2 Å². The molecule has 1 amide bonds. The van der Waals surface area contributed by atoms with Gasteiger partial charge < -0.3 is 15.8 Å². The molecule has 3 N–H and O–H groups in total. The van der Waals surface area contributed by atoms with Gasteiger partial charge in [-0.1, -0.05) is 6.07 Å². The number of ether oxygens (including phenoxy) is 1. The van der Waals surface area contributed by atoms with Gasteiger partial charge in [-0.2, -0.15) is 0 Å². The van der Waals surface area contributed by atoms with Gasteiger partial charge in [-0.3, -0.25) is 4.79 Å². The second-order valence-corrected chi connectivity index (χ2v) is 5.46. The topological polar surface area (TPSA) is 64.3 Å². The van der Waals surface area contributed by atoms with Crippen molar-refractivity contribution in [2.45, 2.75) is 0 Å². The van der Waals surface area contributed by atoms with Crippen LogP contribution in [0.25, 0.3) is 0 Å². The van der Waals surface area contributed by atoms with Gasteiger partial charge in [0, 0.05) is 15.3 Å². The van der Waals surface area contributed by atoms with E-state index in [2.05, 4.69) is 5.32 Å². The summed E-state index contributed by atoms with van der Waals surface area (Å²) in [6, 6.07) is 11.1. The van der Waals surface area contributed by atoms with E-state index in [-0.39, 0.29) is 11.7 Å². The Kier molecular flexibility index (Phi) is 5.38. The smallest absolute Gasteiger partial charge is 0.252 e. The molecule has 0 unspecified atom stereocenters. The number of nitrogens with one attached hydrogen (secondary N) is 1. The summed E-state index contributed by atoms with van der Waals surface area (Å²) in [6.07, 6.45) is 0. The van der Waals surface area contributed by atoms with Gasteiger partial charge in [0.1, 0.15) is 18.2 Å². The second-order valence-electron chi connectivity index (χ2n) is 4.30. The predicted octanol–water partition coefficient (Wildman–Crippen LogP) is 2.82. The molecule has 0 spiro atoms. The van der Waals surface area contributed by atoms with Crippen molar-refractivity contribution in [1.29, 1.82) is 0 Å². The first-order chi connectivity index (χ1) is 10.1. The SMILES string of the molecule is Nc1cccc(OCCNC(=O)c2ccc(F)cc2I)c1. The summed E-state index contributed by atoms with van der Waals surface area (Å²) >= 11 is 1.93. The monoisotopic (exact) mass is 400 g/mol. The highest BCUT2D eigenvalue weighted by Gasteiger charge is 2.09. The first-order valence-corrected chi connectivity index (χ1v) is 7.36. The van der Waals surface area contributed by atoms with Gasteiger partial charge in [-0.15, -0.1) is 0 Å². The van der Waals surface area contributed by atoms with Crippen molar-refractivity contribution in [2.24, 2.45) is 0 Å². The normalized spacial score (nSPS) is 10.2. The largest absolute Gasteiger partial charge is 0.492 e. The molecule has 2 aromatic carbocycles. The maximum Gasteiger partial charge on any atom is 0.252 e. The van der Waals surface area contributed by atoms with E-state index in [0.29, 0.717) is 33.7 Å². The van der Waals surface area contributed by atoms with E-state index in [1.807, 2.05) is 22.6 Å². The van der Waals surface area contributed by atoms with Crippen LogP contribution in [0.3, 0.4) is 0 Å². The molecule has 0 aliphatic carbocycles. The van der Waals surface area contributed by atoms with Crippen LogP contribution in [0.4, 0.5) is 10.1 Å². The molecule has 0 fully saturated rings. The molecule has 110 valence electrons. The molecule has 0 heterocycles. The Morgan fingerprint density at radius 2 is 2.10 bits per heavy atom. The number of anilines is 1. The molecule has 0 radical (unpaired) electrons. The van der Waals surface area contributed by atoms with Crippen molar-refractivity contribution in [3.63, 3.8) is 0 Å². The molecular formula is C15H14FIN2O2. The molecule has 2 rings (SSSR count). The second kappa shape index (κ2) is 7.26. The number of benzene rings is 2.